The van der Waals surface area contributed by atoms with E-state index < -0.39 is 15.9 Å². The molecule has 0 saturated heterocycles. The van der Waals surface area contributed by atoms with Crippen LogP contribution in [0.5, 0.6) is 11.5 Å². The topological polar surface area (TPSA) is 84.9 Å². The number of methoxy groups -OCH3 is 1. The Kier molecular flexibility index (Phi) is 8.41. The van der Waals surface area contributed by atoms with Gasteiger partial charge in [-0.1, -0.05) is 17.7 Å². The van der Waals surface area contributed by atoms with Gasteiger partial charge in [0.25, 0.3) is 10.0 Å². The molecule has 0 aliphatic rings. The number of carbonyl (C=O) groups is 1. The maximum absolute atomic E-state index is 13.4. The van der Waals surface area contributed by atoms with Crippen LogP contribution in [-0.4, -0.2) is 41.1 Å². The minimum Gasteiger partial charge on any atom is -0.497 e. The minimum atomic E-state index is -4.01. The number of nitrogens with zero attached hydrogens (tertiary/aromatic N) is 1. The lowest BCUT2D eigenvalue weighted by Gasteiger charge is -2.25. The van der Waals surface area contributed by atoms with Crippen LogP contribution in [0.1, 0.15) is 11.1 Å². The summed E-state index contributed by atoms with van der Waals surface area (Å²) in [7, 11) is -2.42. The van der Waals surface area contributed by atoms with Gasteiger partial charge < -0.3 is 14.8 Å². The van der Waals surface area contributed by atoms with Crippen LogP contribution in [0.25, 0.3) is 0 Å². The third-order valence-electron chi connectivity index (χ3n) is 5.22. The first-order chi connectivity index (χ1) is 16.2. The van der Waals surface area contributed by atoms with Crippen molar-refractivity contribution in [3.8, 4) is 11.5 Å². The number of ether oxygens (including phenoxy) is 2. The van der Waals surface area contributed by atoms with Gasteiger partial charge in [0.2, 0.25) is 5.91 Å². The highest BCUT2D eigenvalue weighted by Crippen LogP contribution is 2.26. The van der Waals surface area contributed by atoms with Crippen LogP contribution >= 0.6 is 11.6 Å². The molecular formula is C25H27ClN2O5S. The number of anilines is 1. The molecule has 3 aromatic rings. The average molecular weight is 503 g/mol. The van der Waals surface area contributed by atoms with Crippen molar-refractivity contribution in [3.05, 3.63) is 82.9 Å². The molecule has 0 unspecified atom stereocenters. The maximum atomic E-state index is 13.4. The Morgan fingerprint density at radius 1 is 0.941 bits per heavy atom. The second kappa shape index (κ2) is 11.3. The predicted molar refractivity (Wildman–Crippen MR) is 133 cm³/mol. The molecule has 0 aliphatic heterocycles. The zero-order valence-corrected chi connectivity index (χ0v) is 20.8. The van der Waals surface area contributed by atoms with Crippen molar-refractivity contribution in [2.45, 2.75) is 18.7 Å². The third kappa shape index (κ3) is 6.42. The molecule has 0 bridgehead atoms. The second-order valence-electron chi connectivity index (χ2n) is 7.61. The van der Waals surface area contributed by atoms with Crippen molar-refractivity contribution < 1.29 is 22.7 Å². The zero-order valence-electron chi connectivity index (χ0n) is 19.2. The Morgan fingerprint density at radius 3 is 2.21 bits per heavy atom. The number of nitrogens with one attached hydrogen (secondary N) is 1. The van der Waals surface area contributed by atoms with Crippen LogP contribution in [0.4, 0.5) is 5.69 Å². The van der Waals surface area contributed by atoms with E-state index >= 15 is 0 Å². The highest BCUT2D eigenvalue weighted by Gasteiger charge is 2.27. The van der Waals surface area contributed by atoms with Crippen LogP contribution in [-0.2, 0) is 14.8 Å². The number of rotatable bonds is 10. The van der Waals surface area contributed by atoms with Crippen LogP contribution in [0.3, 0.4) is 0 Å². The van der Waals surface area contributed by atoms with E-state index in [4.69, 9.17) is 21.1 Å². The first-order valence-corrected chi connectivity index (χ1v) is 12.4. The standard InChI is InChI=1S/C25H27ClN2O5S/c1-18-4-7-21(16-19(18)2)28(34(30,31)24-12-5-20(26)6-13-24)17-25(29)27-14-15-33-23-10-8-22(32-3)9-11-23/h4-13,16H,14-15,17H2,1-3H3,(H,27,29). The van der Waals surface area contributed by atoms with Crippen LogP contribution < -0.4 is 19.1 Å². The molecule has 0 heterocycles. The molecule has 9 heteroatoms. The summed E-state index contributed by atoms with van der Waals surface area (Å²) in [6.45, 7) is 3.89. The average Bonchev–Trinajstić information content (AvgIpc) is 2.82. The molecule has 3 aromatic carbocycles. The fourth-order valence-electron chi connectivity index (χ4n) is 3.15. The number of aryl methyl sites for hydroxylation is 2. The van der Waals surface area contributed by atoms with Crippen molar-refractivity contribution in [2.75, 3.05) is 31.1 Å². The van der Waals surface area contributed by atoms with Gasteiger partial charge in [-0.2, -0.15) is 0 Å². The maximum Gasteiger partial charge on any atom is 0.264 e. The number of hydrogen-bond acceptors (Lipinski definition) is 5. The number of sulfonamides is 1. The molecule has 0 fully saturated rings. The Labute approximate surface area is 205 Å². The van der Waals surface area contributed by atoms with Crippen molar-refractivity contribution >= 4 is 33.2 Å². The Morgan fingerprint density at radius 2 is 1.59 bits per heavy atom. The van der Waals surface area contributed by atoms with Gasteiger partial charge in [-0.25, -0.2) is 8.42 Å². The molecular weight excluding hydrogens is 476 g/mol. The molecule has 7 nitrogen and oxygen atoms in total. The molecule has 0 aliphatic carbocycles. The zero-order chi connectivity index (χ0) is 24.7. The van der Waals surface area contributed by atoms with E-state index in [0.717, 1.165) is 15.4 Å². The lowest BCUT2D eigenvalue weighted by atomic mass is 10.1. The number of carbonyl (C=O) groups excluding carboxylic acids is 1. The van der Waals surface area contributed by atoms with Gasteiger partial charge in [0.1, 0.15) is 24.7 Å². The Bertz CT molecular complexity index is 1230. The van der Waals surface area contributed by atoms with Gasteiger partial charge in [0, 0.05) is 5.02 Å². The Hall–Kier alpha value is -3.23. The van der Waals surface area contributed by atoms with E-state index in [-0.39, 0.29) is 24.6 Å². The summed E-state index contributed by atoms with van der Waals surface area (Å²) in [5.41, 5.74) is 2.34. The van der Waals surface area contributed by atoms with E-state index in [1.165, 1.54) is 24.3 Å². The number of hydrogen-bond donors (Lipinski definition) is 1. The molecule has 1 amide bonds. The van der Waals surface area contributed by atoms with Crippen molar-refractivity contribution in [3.63, 3.8) is 0 Å². The predicted octanol–water partition coefficient (Wildman–Crippen LogP) is 4.36. The fraction of sp³-hybridized carbons (Fsp3) is 0.240. The molecule has 0 spiro atoms. The Balaban J connectivity index is 1.71. The van der Waals surface area contributed by atoms with E-state index in [1.54, 1.807) is 43.5 Å². The number of halogens is 1. The molecule has 3 rings (SSSR count). The van der Waals surface area contributed by atoms with Crippen molar-refractivity contribution in [1.29, 1.82) is 0 Å². The normalized spacial score (nSPS) is 11.1. The van der Waals surface area contributed by atoms with Gasteiger partial charge >= 0.3 is 0 Å². The van der Waals surface area contributed by atoms with Gasteiger partial charge in [-0.15, -0.1) is 0 Å². The quantitative estimate of drug-likeness (QED) is 0.416. The van der Waals surface area contributed by atoms with E-state index in [1.807, 2.05) is 19.9 Å². The minimum absolute atomic E-state index is 0.0470. The van der Waals surface area contributed by atoms with Gasteiger partial charge in [-0.3, -0.25) is 9.10 Å². The van der Waals surface area contributed by atoms with E-state index in [2.05, 4.69) is 5.32 Å². The number of amides is 1. The largest absolute Gasteiger partial charge is 0.497 e. The van der Waals surface area contributed by atoms with Crippen LogP contribution in [0.15, 0.2) is 71.6 Å². The smallest absolute Gasteiger partial charge is 0.264 e. The lowest BCUT2D eigenvalue weighted by Crippen LogP contribution is -2.42. The summed E-state index contributed by atoms with van der Waals surface area (Å²) in [5.74, 6) is 0.903. The molecule has 0 saturated carbocycles. The molecule has 180 valence electrons. The molecule has 0 aromatic heterocycles. The number of benzene rings is 3. The lowest BCUT2D eigenvalue weighted by molar-refractivity contribution is -0.119. The highest BCUT2D eigenvalue weighted by molar-refractivity contribution is 7.92. The SMILES string of the molecule is COc1ccc(OCCNC(=O)CN(c2ccc(C)c(C)c2)S(=O)(=O)c2ccc(Cl)cc2)cc1. The summed E-state index contributed by atoms with van der Waals surface area (Å²) < 4.78 is 38.6. The highest BCUT2D eigenvalue weighted by atomic mass is 35.5. The summed E-state index contributed by atoms with van der Waals surface area (Å²) in [5, 5.41) is 3.14. The van der Waals surface area contributed by atoms with Crippen LogP contribution in [0, 0.1) is 13.8 Å². The molecule has 34 heavy (non-hydrogen) atoms. The molecule has 0 atom stereocenters. The summed E-state index contributed by atoms with van der Waals surface area (Å²) in [6.07, 6.45) is 0. The molecule has 0 radical (unpaired) electrons. The third-order valence-corrected chi connectivity index (χ3v) is 7.26. The fourth-order valence-corrected chi connectivity index (χ4v) is 4.69. The van der Waals surface area contributed by atoms with Gasteiger partial charge in [0.15, 0.2) is 0 Å². The second-order valence-corrected chi connectivity index (χ2v) is 9.91. The molecule has 1 N–H and O–H groups in total. The summed E-state index contributed by atoms with van der Waals surface area (Å²) in [4.78, 5) is 12.7. The van der Waals surface area contributed by atoms with E-state index in [9.17, 15) is 13.2 Å². The van der Waals surface area contributed by atoms with Crippen molar-refractivity contribution in [2.24, 2.45) is 0 Å². The van der Waals surface area contributed by atoms with Gasteiger partial charge in [0.05, 0.1) is 24.2 Å². The summed E-state index contributed by atoms with van der Waals surface area (Å²) >= 11 is 5.92. The summed E-state index contributed by atoms with van der Waals surface area (Å²) in [6, 6.07) is 18.2. The first kappa shape index (κ1) is 25.4. The monoisotopic (exact) mass is 502 g/mol. The van der Waals surface area contributed by atoms with Crippen molar-refractivity contribution in [1.82, 2.24) is 5.32 Å². The first-order valence-electron chi connectivity index (χ1n) is 10.6. The van der Waals surface area contributed by atoms with Gasteiger partial charge in [-0.05, 0) is 85.6 Å². The van der Waals surface area contributed by atoms with Crippen LogP contribution in [0.2, 0.25) is 5.02 Å². The van der Waals surface area contributed by atoms with E-state index in [0.29, 0.717) is 22.2 Å².